The summed E-state index contributed by atoms with van der Waals surface area (Å²) in [5.41, 5.74) is 4.58. The fourth-order valence-electron chi connectivity index (χ4n) is 3.72. The lowest BCUT2D eigenvalue weighted by molar-refractivity contribution is -0.119. The highest BCUT2D eigenvalue weighted by Gasteiger charge is 2.30. The van der Waals surface area contributed by atoms with Crippen LogP contribution in [0.3, 0.4) is 0 Å². The van der Waals surface area contributed by atoms with Gasteiger partial charge in [-0.25, -0.2) is 0 Å². The number of amides is 1. The highest BCUT2D eigenvalue weighted by atomic mass is 16.2. The maximum absolute atomic E-state index is 13.0. The predicted octanol–water partition coefficient (Wildman–Crippen LogP) is 3.93. The van der Waals surface area contributed by atoms with Crippen LogP contribution in [0.15, 0.2) is 54.6 Å². The van der Waals surface area contributed by atoms with Crippen molar-refractivity contribution in [2.45, 2.75) is 32.9 Å². The molecule has 0 N–H and O–H groups in total. The van der Waals surface area contributed by atoms with Gasteiger partial charge in [0.2, 0.25) is 5.91 Å². The van der Waals surface area contributed by atoms with Gasteiger partial charge in [0.25, 0.3) is 0 Å². The first-order valence-electron chi connectivity index (χ1n) is 8.10. The fraction of sp³-hybridized carbons (Fsp3) is 0.250. The van der Waals surface area contributed by atoms with E-state index in [4.69, 9.17) is 0 Å². The van der Waals surface area contributed by atoms with Crippen molar-refractivity contribution in [1.29, 1.82) is 0 Å². The maximum atomic E-state index is 13.0. The van der Waals surface area contributed by atoms with Crippen molar-refractivity contribution in [2.75, 3.05) is 4.90 Å². The van der Waals surface area contributed by atoms with Crippen molar-refractivity contribution in [3.8, 4) is 0 Å². The largest absolute Gasteiger partial charge is 0.335 e. The molecule has 1 aliphatic rings. The molecule has 2 aromatic carbocycles. The Bertz CT molecular complexity index is 894. The highest BCUT2D eigenvalue weighted by molar-refractivity contribution is 5.97. The van der Waals surface area contributed by atoms with Crippen molar-refractivity contribution < 1.29 is 4.79 Å². The normalized spacial score (nSPS) is 16.8. The Morgan fingerprint density at radius 3 is 2.74 bits per heavy atom. The Kier molecular flexibility index (Phi) is 3.22. The van der Waals surface area contributed by atoms with Gasteiger partial charge in [0.05, 0.1) is 0 Å². The van der Waals surface area contributed by atoms with Crippen molar-refractivity contribution in [3.05, 3.63) is 65.9 Å². The summed E-state index contributed by atoms with van der Waals surface area (Å²) in [5.74, 6) is 0.159. The summed E-state index contributed by atoms with van der Waals surface area (Å²) in [7, 11) is 0. The van der Waals surface area contributed by atoms with E-state index in [0.717, 1.165) is 23.3 Å². The minimum Gasteiger partial charge on any atom is -0.335 e. The number of benzene rings is 2. The molecule has 3 heteroatoms. The number of anilines is 1. The Morgan fingerprint density at radius 2 is 1.87 bits per heavy atom. The zero-order valence-electron chi connectivity index (χ0n) is 13.5. The van der Waals surface area contributed by atoms with Crippen molar-refractivity contribution in [2.24, 2.45) is 0 Å². The first kappa shape index (κ1) is 14.1. The van der Waals surface area contributed by atoms with Crippen LogP contribution < -0.4 is 4.90 Å². The number of carbonyl (C=O) groups excluding carboxylic acids is 1. The molecule has 1 amide bonds. The molecule has 0 aliphatic carbocycles. The Balaban J connectivity index is 1.69. The second-order valence-corrected chi connectivity index (χ2v) is 6.38. The Morgan fingerprint density at radius 1 is 1.13 bits per heavy atom. The SMILES string of the molecule is Cc1cc2ccccc2n1CC(=O)N1c2ccccc2CC1C. The topological polar surface area (TPSA) is 25.2 Å². The molecule has 3 aromatic rings. The third-order valence-corrected chi connectivity index (χ3v) is 4.79. The van der Waals surface area contributed by atoms with E-state index in [2.05, 4.69) is 48.7 Å². The molecule has 0 saturated heterocycles. The predicted molar refractivity (Wildman–Crippen MR) is 93.8 cm³/mol. The number of rotatable bonds is 2. The molecule has 0 fully saturated rings. The molecule has 1 unspecified atom stereocenters. The van der Waals surface area contributed by atoms with Crippen LogP contribution in [0.5, 0.6) is 0 Å². The summed E-state index contributed by atoms with van der Waals surface area (Å²) in [6.07, 6.45) is 0.938. The van der Waals surface area contributed by atoms with Gasteiger partial charge in [-0.1, -0.05) is 36.4 Å². The van der Waals surface area contributed by atoms with Crippen LogP contribution in [0.2, 0.25) is 0 Å². The van der Waals surface area contributed by atoms with Gasteiger partial charge in [-0.2, -0.15) is 0 Å². The van der Waals surface area contributed by atoms with Gasteiger partial charge in [0.1, 0.15) is 6.54 Å². The zero-order chi connectivity index (χ0) is 16.0. The monoisotopic (exact) mass is 304 g/mol. The van der Waals surface area contributed by atoms with Crippen molar-refractivity contribution in [1.82, 2.24) is 4.57 Å². The molecule has 3 nitrogen and oxygen atoms in total. The third-order valence-electron chi connectivity index (χ3n) is 4.79. The highest BCUT2D eigenvalue weighted by Crippen LogP contribution is 2.32. The molecule has 0 spiro atoms. The average molecular weight is 304 g/mol. The molecule has 23 heavy (non-hydrogen) atoms. The zero-order valence-corrected chi connectivity index (χ0v) is 13.5. The lowest BCUT2D eigenvalue weighted by Gasteiger charge is -2.23. The molecule has 0 bridgehead atoms. The molecular weight excluding hydrogens is 284 g/mol. The molecular formula is C20H20N2O. The molecule has 2 heterocycles. The smallest absolute Gasteiger partial charge is 0.247 e. The van der Waals surface area contributed by atoms with Gasteiger partial charge in [-0.3, -0.25) is 4.79 Å². The summed E-state index contributed by atoms with van der Waals surface area (Å²) < 4.78 is 2.12. The van der Waals surface area contributed by atoms with Gasteiger partial charge >= 0.3 is 0 Å². The second kappa shape index (κ2) is 5.27. The number of carbonyl (C=O) groups is 1. The van der Waals surface area contributed by atoms with Crippen molar-refractivity contribution >= 4 is 22.5 Å². The average Bonchev–Trinajstić information content (AvgIpc) is 3.04. The van der Waals surface area contributed by atoms with Crippen LogP contribution in [0.1, 0.15) is 18.2 Å². The van der Waals surface area contributed by atoms with E-state index in [0.29, 0.717) is 6.54 Å². The standard InChI is InChI=1S/C20H20N2O/c1-14-11-16-7-3-5-9-18(16)21(14)13-20(23)22-15(2)12-17-8-4-6-10-19(17)22/h3-11,15H,12-13H2,1-2H3. The van der Waals surface area contributed by atoms with E-state index in [-0.39, 0.29) is 11.9 Å². The summed E-state index contributed by atoms with van der Waals surface area (Å²) in [6.45, 7) is 4.57. The number of fused-ring (bicyclic) bond motifs is 2. The number of aryl methyl sites for hydroxylation is 1. The summed E-state index contributed by atoms with van der Waals surface area (Å²) in [5, 5.41) is 1.19. The summed E-state index contributed by atoms with van der Waals surface area (Å²) in [4.78, 5) is 14.9. The van der Waals surface area contributed by atoms with Gasteiger partial charge in [-0.15, -0.1) is 0 Å². The number of hydrogen-bond donors (Lipinski definition) is 0. The number of aromatic nitrogens is 1. The lowest BCUT2D eigenvalue weighted by atomic mass is 10.1. The van der Waals surface area contributed by atoms with Gasteiger partial charge in [-0.05, 0) is 49.4 Å². The minimum atomic E-state index is 0.159. The first-order valence-corrected chi connectivity index (χ1v) is 8.10. The van der Waals surface area contributed by atoms with Gasteiger partial charge in [0.15, 0.2) is 0 Å². The summed E-state index contributed by atoms with van der Waals surface area (Å²) >= 11 is 0. The molecule has 0 radical (unpaired) electrons. The lowest BCUT2D eigenvalue weighted by Crippen LogP contribution is -2.38. The van der Waals surface area contributed by atoms with Gasteiger partial charge < -0.3 is 9.47 Å². The van der Waals surface area contributed by atoms with Crippen molar-refractivity contribution in [3.63, 3.8) is 0 Å². The Labute approximate surface area is 136 Å². The second-order valence-electron chi connectivity index (χ2n) is 6.38. The number of hydrogen-bond acceptors (Lipinski definition) is 1. The molecule has 4 rings (SSSR count). The van der Waals surface area contributed by atoms with Crippen LogP contribution in [-0.4, -0.2) is 16.5 Å². The molecule has 1 aromatic heterocycles. The molecule has 116 valence electrons. The maximum Gasteiger partial charge on any atom is 0.247 e. The van der Waals surface area contributed by atoms with E-state index in [9.17, 15) is 4.79 Å². The quantitative estimate of drug-likeness (QED) is 0.704. The van der Waals surface area contributed by atoms with Crippen LogP contribution in [0, 0.1) is 6.92 Å². The number of nitrogens with zero attached hydrogens (tertiary/aromatic N) is 2. The van der Waals surface area contributed by atoms with Gasteiger partial charge in [0, 0.05) is 22.9 Å². The minimum absolute atomic E-state index is 0.159. The summed E-state index contributed by atoms with van der Waals surface area (Å²) in [6, 6.07) is 18.8. The van der Waals surface area contributed by atoms with E-state index in [1.54, 1.807) is 0 Å². The van der Waals surface area contributed by atoms with Crippen LogP contribution in [0.4, 0.5) is 5.69 Å². The molecule has 1 atom stereocenters. The fourth-order valence-corrected chi connectivity index (χ4v) is 3.72. The van der Waals surface area contributed by atoms with Crippen LogP contribution >= 0.6 is 0 Å². The van der Waals surface area contributed by atoms with E-state index in [1.165, 1.54) is 10.9 Å². The van der Waals surface area contributed by atoms with Crippen LogP contribution in [-0.2, 0) is 17.8 Å². The number of para-hydroxylation sites is 2. The molecule has 1 aliphatic heterocycles. The van der Waals surface area contributed by atoms with Crippen LogP contribution in [0.25, 0.3) is 10.9 Å². The Hall–Kier alpha value is -2.55. The van der Waals surface area contributed by atoms with E-state index >= 15 is 0 Å². The van der Waals surface area contributed by atoms with E-state index in [1.807, 2.05) is 29.2 Å². The third kappa shape index (κ3) is 2.24. The first-order chi connectivity index (χ1) is 11.1. The van der Waals surface area contributed by atoms with E-state index < -0.39 is 0 Å². The molecule has 0 saturated carbocycles.